The minimum absolute atomic E-state index is 0.0597. The first-order chi connectivity index (χ1) is 6.13. The summed E-state index contributed by atoms with van der Waals surface area (Å²) in [5, 5.41) is 2.73. The van der Waals surface area contributed by atoms with Gasteiger partial charge in [-0.2, -0.15) is 0 Å². The van der Waals surface area contributed by atoms with Gasteiger partial charge in [-0.3, -0.25) is 4.79 Å². The number of rotatable bonds is 2. The molecule has 0 aromatic heterocycles. The molecule has 1 rings (SSSR count). The standard InChI is InChI=1S/C8H7BrINOS/c1-5(12)11-8-3-2-6(13-10)4-7(8)9/h2-4H,1H3,(H,11,12). The molecule has 5 heteroatoms. The van der Waals surface area contributed by atoms with E-state index in [0.717, 1.165) is 15.1 Å². The van der Waals surface area contributed by atoms with Gasteiger partial charge in [0.1, 0.15) is 0 Å². The van der Waals surface area contributed by atoms with Crippen LogP contribution in [0, 0.1) is 0 Å². The average molecular weight is 372 g/mol. The Hall–Kier alpha value is 0.250. The van der Waals surface area contributed by atoms with Crippen LogP contribution in [0.1, 0.15) is 6.92 Å². The Morgan fingerprint density at radius 3 is 2.77 bits per heavy atom. The first kappa shape index (κ1) is 11.3. The molecule has 1 N–H and O–H groups in total. The SMILES string of the molecule is CC(=O)Nc1ccc(SI)cc1Br. The molecule has 0 heterocycles. The van der Waals surface area contributed by atoms with E-state index in [1.165, 1.54) is 6.92 Å². The number of carbonyl (C=O) groups excluding carboxylic acids is 1. The van der Waals surface area contributed by atoms with E-state index in [4.69, 9.17) is 0 Å². The van der Waals surface area contributed by atoms with Crippen LogP contribution in [0.5, 0.6) is 0 Å². The largest absolute Gasteiger partial charge is 0.325 e. The molecule has 0 saturated carbocycles. The maximum Gasteiger partial charge on any atom is 0.221 e. The fraction of sp³-hybridized carbons (Fsp3) is 0.125. The third kappa shape index (κ3) is 3.47. The van der Waals surface area contributed by atoms with Gasteiger partial charge >= 0.3 is 0 Å². The van der Waals surface area contributed by atoms with E-state index in [0.29, 0.717) is 0 Å². The summed E-state index contributed by atoms with van der Waals surface area (Å²) < 4.78 is 0.907. The first-order valence-electron chi connectivity index (χ1n) is 3.49. The molecule has 70 valence electrons. The average Bonchev–Trinajstić information content (AvgIpc) is 2.08. The van der Waals surface area contributed by atoms with Gasteiger partial charge in [0.15, 0.2) is 0 Å². The molecule has 0 aliphatic rings. The second-order valence-corrected chi connectivity index (χ2v) is 5.20. The molecule has 0 aliphatic carbocycles. The highest BCUT2D eigenvalue weighted by molar-refractivity contribution is 14.2. The van der Waals surface area contributed by atoms with Gasteiger partial charge in [0.25, 0.3) is 0 Å². The minimum Gasteiger partial charge on any atom is -0.325 e. The normalized spacial score (nSPS) is 9.77. The Labute approximate surface area is 102 Å². The zero-order valence-corrected chi connectivity index (χ0v) is 11.4. The van der Waals surface area contributed by atoms with Crippen LogP contribution in [0.2, 0.25) is 0 Å². The second kappa shape index (κ2) is 5.21. The van der Waals surface area contributed by atoms with E-state index in [-0.39, 0.29) is 5.91 Å². The number of carbonyl (C=O) groups is 1. The maximum absolute atomic E-state index is 10.8. The van der Waals surface area contributed by atoms with Crippen molar-refractivity contribution in [3.8, 4) is 0 Å². The van der Waals surface area contributed by atoms with Gasteiger partial charge in [-0.1, -0.05) is 8.93 Å². The summed E-state index contributed by atoms with van der Waals surface area (Å²) in [6.45, 7) is 1.49. The molecule has 2 nitrogen and oxygen atoms in total. The van der Waals surface area contributed by atoms with Crippen LogP contribution in [0.4, 0.5) is 5.69 Å². The van der Waals surface area contributed by atoms with Crippen molar-refractivity contribution in [3.05, 3.63) is 22.7 Å². The summed E-state index contributed by atoms with van der Waals surface area (Å²) in [6.07, 6.45) is 0. The van der Waals surface area contributed by atoms with Crippen molar-refractivity contribution >= 4 is 57.7 Å². The number of amides is 1. The van der Waals surface area contributed by atoms with Crippen LogP contribution in [0.3, 0.4) is 0 Å². The van der Waals surface area contributed by atoms with E-state index in [2.05, 4.69) is 42.5 Å². The van der Waals surface area contributed by atoms with Crippen molar-refractivity contribution in [2.24, 2.45) is 0 Å². The maximum atomic E-state index is 10.8. The topological polar surface area (TPSA) is 29.1 Å². The molecule has 0 radical (unpaired) electrons. The summed E-state index contributed by atoms with van der Waals surface area (Å²) in [4.78, 5) is 11.9. The highest BCUT2D eigenvalue weighted by atomic mass is 127. The third-order valence-electron chi connectivity index (χ3n) is 1.34. The van der Waals surface area contributed by atoms with Crippen molar-refractivity contribution in [2.75, 3.05) is 5.32 Å². The van der Waals surface area contributed by atoms with Gasteiger partial charge in [-0.15, -0.1) is 0 Å². The van der Waals surface area contributed by atoms with Crippen LogP contribution < -0.4 is 5.32 Å². The van der Waals surface area contributed by atoms with E-state index < -0.39 is 0 Å². The van der Waals surface area contributed by atoms with Crippen molar-refractivity contribution < 1.29 is 4.79 Å². The van der Waals surface area contributed by atoms with E-state index >= 15 is 0 Å². The van der Waals surface area contributed by atoms with Crippen LogP contribution >= 0.6 is 46.1 Å². The molecule has 0 atom stereocenters. The van der Waals surface area contributed by atoms with Gasteiger partial charge in [-0.25, -0.2) is 0 Å². The smallest absolute Gasteiger partial charge is 0.221 e. The molecule has 0 aliphatic heterocycles. The van der Waals surface area contributed by atoms with Gasteiger partial charge < -0.3 is 5.32 Å². The number of hydrogen-bond acceptors (Lipinski definition) is 2. The predicted molar refractivity (Wildman–Crippen MR) is 68.3 cm³/mol. The molecule has 0 spiro atoms. The number of anilines is 1. The van der Waals surface area contributed by atoms with Crippen molar-refractivity contribution in [3.63, 3.8) is 0 Å². The molecule has 0 unspecified atom stereocenters. The van der Waals surface area contributed by atoms with Crippen molar-refractivity contribution in [1.29, 1.82) is 0 Å². The second-order valence-electron chi connectivity index (χ2n) is 2.40. The lowest BCUT2D eigenvalue weighted by molar-refractivity contribution is -0.114. The summed E-state index contributed by atoms with van der Waals surface area (Å²) in [6, 6.07) is 5.82. The minimum atomic E-state index is -0.0597. The summed E-state index contributed by atoms with van der Waals surface area (Å²) in [5.74, 6) is -0.0597. The lowest BCUT2D eigenvalue weighted by atomic mass is 10.3. The quantitative estimate of drug-likeness (QED) is 0.800. The molecule has 1 aromatic rings. The Balaban J connectivity index is 2.91. The molecule has 13 heavy (non-hydrogen) atoms. The zero-order valence-electron chi connectivity index (χ0n) is 6.80. The summed E-state index contributed by atoms with van der Waals surface area (Å²) >= 11 is 5.60. The third-order valence-corrected chi connectivity index (χ3v) is 3.95. The Bertz CT molecular complexity index is 332. The van der Waals surface area contributed by atoms with Crippen LogP contribution in [-0.4, -0.2) is 5.91 Å². The van der Waals surface area contributed by atoms with Crippen molar-refractivity contribution in [2.45, 2.75) is 11.8 Å². The Kier molecular flexibility index (Phi) is 4.54. The van der Waals surface area contributed by atoms with Crippen LogP contribution in [-0.2, 0) is 4.79 Å². The zero-order chi connectivity index (χ0) is 9.84. The van der Waals surface area contributed by atoms with Gasteiger partial charge in [-0.05, 0) is 34.1 Å². The van der Waals surface area contributed by atoms with Gasteiger partial charge in [0, 0.05) is 37.5 Å². The highest BCUT2D eigenvalue weighted by Gasteiger charge is 2.02. The summed E-state index contributed by atoms with van der Waals surface area (Å²) in [5.41, 5.74) is 0.807. The molecule has 0 fully saturated rings. The van der Waals surface area contributed by atoms with E-state index in [1.54, 1.807) is 8.93 Å². The summed E-state index contributed by atoms with van der Waals surface area (Å²) in [7, 11) is 1.64. The molecular weight excluding hydrogens is 365 g/mol. The predicted octanol–water partition coefficient (Wildman–Crippen LogP) is 3.85. The Morgan fingerprint density at radius 1 is 1.62 bits per heavy atom. The monoisotopic (exact) mass is 371 g/mol. The lowest BCUT2D eigenvalue weighted by Crippen LogP contribution is -2.05. The van der Waals surface area contributed by atoms with Crippen molar-refractivity contribution in [1.82, 2.24) is 0 Å². The lowest BCUT2D eigenvalue weighted by Gasteiger charge is -2.05. The number of benzene rings is 1. The molecule has 0 bridgehead atoms. The van der Waals surface area contributed by atoms with E-state index in [1.807, 2.05) is 18.2 Å². The fourth-order valence-electron chi connectivity index (χ4n) is 0.835. The Morgan fingerprint density at radius 2 is 2.31 bits per heavy atom. The van der Waals surface area contributed by atoms with Crippen LogP contribution in [0.15, 0.2) is 27.6 Å². The number of nitrogens with one attached hydrogen (secondary N) is 1. The molecule has 0 saturated heterocycles. The van der Waals surface area contributed by atoms with E-state index in [9.17, 15) is 4.79 Å². The molecular formula is C8H7BrINOS. The fourth-order valence-corrected chi connectivity index (χ4v) is 2.57. The van der Waals surface area contributed by atoms with Gasteiger partial charge in [0.2, 0.25) is 5.91 Å². The molecule has 1 amide bonds. The first-order valence-corrected chi connectivity index (χ1v) is 7.64. The number of halogens is 2. The molecule has 1 aromatic carbocycles. The number of hydrogen-bond donors (Lipinski definition) is 1. The van der Waals surface area contributed by atoms with Crippen LogP contribution in [0.25, 0.3) is 0 Å². The highest BCUT2D eigenvalue weighted by Crippen LogP contribution is 2.31. The van der Waals surface area contributed by atoms with Gasteiger partial charge in [0.05, 0.1) is 5.69 Å².